The average Bonchev–Trinajstić information content (AvgIpc) is 3.34. The van der Waals surface area contributed by atoms with E-state index in [1.165, 1.54) is 28.8 Å². The Morgan fingerprint density at radius 2 is 1.75 bits per heavy atom. The number of rotatable bonds is 7. The smallest absolute Gasteiger partial charge is 0.255 e. The number of methoxy groups -OCH3 is 1. The molecule has 0 saturated carbocycles. The summed E-state index contributed by atoms with van der Waals surface area (Å²) in [6.07, 6.45) is 0. The fourth-order valence-corrected chi connectivity index (χ4v) is 6.07. The van der Waals surface area contributed by atoms with Crippen LogP contribution in [0.4, 0.5) is 11.4 Å². The number of amides is 2. The molecular weight excluding hydrogens is 492 g/mol. The van der Waals surface area contributed by atoms with Gasteiger partial charge in [-0.1, -0.05) is 30.0 Å². The molecule has 0 spiro atoms. The van der Waals surface area contributed by atoms with Gasteiger partial charge in [0.05, 0.1) is 23.1 Å². The number of ether oxygens (including phenoxy) is 1. The fraction of sp³-hybridized carbons (Fsp3) is 0.222. The monoisotopic (exact) mass is 518 g/mol. The molecule has 0 radical (unpaired) electrons. The third kappa shape index (κ3) is 5.63. The van der Waals surface area contributed by atoms with Crippen molar-refractivity contribution in [3.05, 3.63) is 78.4 Å². The molecule has 1 N–H and O–H groups in total. The number of benzene rings is 3. The molecule has 9 heteroatoms. The van der Waals surface area contributed by atoms with Gasteiger partial charge in [0, 0.05) is 43.1 Å². The lowest BCUT2D eigenvalue weighted by molar-refractivity contribution is -0.128. The minimum atomic E-state index is -0.186. The highest BCUT2D eigenvalue weighted by Gasteiger charge is 2.21. The molecule has 0 aliphatic carbocycles. The van der Waals surface area contributed by atoms with Crippen LogP contribution >= 0.6 is 23.1 Å². The predicted octanol–water partition coefficient (Wildman–Crippen LogP) is 5.00. The highest BCUT2D eigenvalue weighted by Crippen LogP contribution is 2.31. The molecule has 1 aliphatic rings. The zero-order valence-electron chi connectivity index (χ0n) is 19.8. The zero-order valence-corrected chi connectivity index (χ0v) is 21.5. The second kappa shape index (κ2) is 11.0. The topological polar surface area (TPSA) is 74.8 Å². The summed E-state index contributed by atoms with van der Waals surface area (Å²) in [5, 5.41) is 2.93. The van der Waals surface area contributed by atoms with Crippen LogP contribution in [0.3, 0.4) is 0 Å². The quantitative estimate of drug-likeness (QED) is 0.347. The van der Waals surface area contributed by atoms with Gasteiger partial charge in [-0.3, -0.25) is 9.59 Å². The average molecular weight is 519 g/mol. The molecule has 0 bridgehead atoms. The van der Waals surface area contributed by atoms with Crippen LogP contribution in [0.15, 0.2) is 77.1 Å². The normalized spacial score (nSPS) is 13.6. The van der Waals surface area contributed by atoms with Crippen molar-refractivity contribution in [1.29, 1.82) is 0 Å². The van der Waals surface area contributed by atoms with Crippen molar-refractivity contribution in [3.8, 4) is 5.75 Å². The highest BCUT2D eigenvalue weighted by molar-refractivity contribution is 8.01. The molecule has 0 unspecified atom stereocenters. The number of nitrogens with one attached hydrogen (secondary N) is 1. The van der Waals surface area contributed by atoms with E-state index in [1.807, 2.05) is 41.3 Å². The van der Waals surface area contributed by atoms with Crippen LogP contribution in [-0.4, -0.2) is 60.7 Å². The Kier molecular flexibility index (Phi) is 7.39. The van der Waals surface area contributed by atoms with E-state index in [0.29, 0.717) is 22.8 Å². The third-order valence-corrected chi connectivity index (χ3v) is 8.20. The summed E-state index contributed by atoms with van der Waals surface area (Å²) in [5.74, 6) is 1.02. The second-order valence-corrected chi connectivity index (χ2v) is 10.6. The first-order valence-corrected chi connectivity index (χ1v) is 13.5. The van der Waals surface area contributed by atoms with Crippen molar-refractivity contribution in [2.24, 2.45) is 0 Å². The SMILES string of the molecule is COc1ccc(C(=O)Nc2ccc3nc(SCC(=O)N4CCN(c5ccccc5)CC4)sc3c2)cc1. The highest BCUT2D eigenvalue weighted by atomic mass is 32.2. The van der Waals surface area contributed by atoms with E-state index in [9.17, 15) is 9.59 Å². The molecule has 4 aromatic rings. The Morgan fingerprint density at radius 1 is 1.00 bits per heavy atom. The number of fused-ring (bicyclic) bond motifs is 1. The van der Waals surface area contributed by atoms with Crippen molar-refractivity contribution in [2.75, 3.05) is 49.3 Å². The molecule has 0 atom stereocenters. The standard InChI is InChI=1S/C27H26N4O3S2/c1-34-22-10-7-19(8-11-22)26(33)28-20-9-12-23-24(17-20)36-27(29-23)35-18-25(32)31-15-13-30(14-16-31)21-5-3-2-4-6-21/h2-12,17H,13-16,18H2,1H3,(H,28,33). The molecule has 1 aromatic heterocycles. The lowest BCUT2D eigenvalue weighted by Gasteiger charge is -2.36. The summed E-state index contributed by atoms with van der Waals surface area (Å²) < 4.78 is 6.96. The third-order valence-electron chi connectivity index (χ3n) is 6.05. The Morgan fingerprint density at radius 3 is 2.47 bits per heavy atom. The molecule has 184 valence electrons. The summed E-state index contributed by atoms with van der Waals surface area (Å²) in [4.78, 5) is 34.3. The number of anilines is 2. The first kappa shape index (κ1) is 24.1. The molecular formula is C27H26N4O3S2. The Bertz CT molecular complexity index is 1350. The summed E-state index contributed by atoms with van der Waals surface area (Å²) in [5.41, 5.74) is 3.32. The number of piperazine rings is 1. The summed E-state index contributed by atoms with van der Waals surface area (Å²) in [6.45, 7) is 3.13. The van der Waals surface area contributed by atoms with E-state index in [2.05, 4.69) is 27.3 Å². The molecule has 2 heterocycles. The lowest BCUT2D eigenvalue weighted by atomic mass is 10.2. The molecule has 1 aliphatic heterocycles. The molecule has 36 heavy (non-hydrogen) atoms. The summed E-state index contributed by atoms with van der Waals surface area (Å²) >= 11 is 3.00. The Labute approximate surface area is 218 Å². The maximum absolute atomic E-state index is 12.8. The van der Waals surface area contributed by atoms with E-state index >= 15 is 0 Å². The fourth-order valence-electron chi connectivity index (χ4n) is 4.06. The van der Waals surface area contributed by atoms with E-state index in [0.717, 1.165) is 40.7 Å². The summed E-state index contributed by atoms with van der Waals surface area (Å²) in [7, 11) is 1.59. The number of para-hydroxylation sites is 1. The van der Waals surface area contributed by atoms with Crippen molar-refractivity contribution in [2.45, 2.75) is 4.34 Å². The van der Waals surface area contributed by atoms with Gasteiger partial charge in [0.15, 0.2) is 4.34 Å². The van der Waals surface area contributed by atoms with Crippen LogP contribution in [0.2, 0.25) is 0 Å². The number of thiazole rings is 1. The molecule has 2 amide bonds. The van der Waals surface area contributed by atoms with Gasteiger partial charge < -0.3 is 19.9 Å². The van der Waals surface area contributed by atoms with Gasteiger partial charge in [-0.15, -0.1) is 11.3 Å². The number of nitrogens with zero attached hydrogens (tertiary/aromatic N) is 3. The molecule has 1 fully saturated rings. The van der Waals surface area contributed by atoms with Gasteiger partial charge >= 0.3 is 0 Å². The van der Waals surface area contributed by atoms with Crippen molar-refractivity contribution in [3.63, 3.8) is 0 Å². The molecule has 7 nitrogen and oxygen atoms in total. The number of hydrogen-bond acceptors (Lipinski definition) is 7. The Balaban J connectivity index is 1.15. The van der Waals surface area contributed by atoms with Crippen molar-refractivity contribution in [1.82, 2.24) is 9.88 Å². The Hall–Kier alpha value is -3.56. The van der Waals surface area contributed by atoms with Crippen molar-refractivity contribution < 1.29 is 14.3 Å². The predicted molar refractivity (Wildman–Crippen MR) is 147 cm³/mol. The molecule has 5 rings (SSSR count). The van der Waals surface area contributed by atoms with Gasteiger partial charge in [0.1, 0.15) is 5.75 Å². The van der Waals surface area contributed by atoms with Crippen molar-refractivity contribution >= 4 is 56.5 Å². The number of hydrogen-bond donors (Lipinski definition) is 1. The summed E-state index contributed by atoms with van der Waals surface area (Å²) in [6, 6.07) is 22.9. The maximum atomic E-state index is 12.8. The van der Waals surface area contributed by atoms with Gasteiger partial charge in [0.2, 0.25) is 5.91 Å². The largest absolute Gasteiger partial charge is 0.497 e. The minimum Gasteiger partial charge on any atom is -0.497 e. The lowest BCUT2D eigenvalue weighted by Crippen LogP contribution is -2.49. The van der Waals surface area contributed by atoms with Gasteiger partial charge in [0.25, 0.3) is 5.91 Å². The molecule has 1 saturated heterocycles. The number of carbonyl (C=O) groups is 2. The van der Waals surface area contributed by atoms with Crippen LogP contribution in [0, 0.1) is 0 Å². The molecule has 3 aromatic carbocycles. The number of carbonyl (C=O) groups excluding carboxylic acids is 2. The maximum Gasteiger partial charge on any atom is 0.255 e. The minimum absolute atomic E-state index is 0.138. The van der Waals surface area contributed by atoms with Crippen LogP contribution in [0.25, 0.3) is 10.2 Å². The number of aromatic nitrogens is 1. The van der Waals surface area contributed by atoms with E-state index in [-0.39, 0.29) is 11.8 Å². The number of thioether (sulfide) groups is 1. The van der Waals surface area contributed by atoms with E-state index < -0.39 is 0 Å². The van der Waals surface area contributed by atoms with Gasteiger partial charge in [-0.25, -0.2) is 4.98 Å². The van der Waals surface area contributed by atoms with E-state index in [1.54, 1.807) is 31.4 Å². The van der Waals surface area contributed by atoms with Crippen LogP contribution in [-0.2, 0) is 4.79 Å². The van der Waals surface area contributed by atoms with Gasteiger partial charge in [-0.2, -0.15) is 0 Å². The van der Waals surface area contributed by atoms with Crippen LogP contribution in [0.1, 0.15) is 10.4 Å². The van der Waals surface area contributed by atoms with Gasteiger partial charge in [-0.05, 0) is 54.6 Å². The first-order valence-electron chi connectivity index (χ1n) is 11.7. The second-order valence-electron chi connectivity index (χ2n) is 8.34. The first-order chi connectivity index (χ1) is 17.6. The van der Waals surface area contributed by atoms with Crippen LogP contribution < -0.4 is 15.0 Å². The van der Waals surface area contributed by atoms with Crippen LogP contribution in [0.5, 0.6) is 5.75 Å². The van der Waals surface area contributed by atoms with E-state index in [4.69, 9.17) is 4.74 Å². The zero-order chi connectivity index (χ0) is 24.9.